The van der Waals surface area contributed by atoms with E-state index >= 15 is 0 Å². The summed E-state index contributed by atoms with van der Waals surface area (Å²) in [6, 6.07) is 0. The highest BCUT2D eigenvalue weighted by molar-refractivity contribution is 6.79. The second kappa shape index (κ2) is 2.43. The minimum absolute atomic E-state index is 0.118. The molecule has 0 fully saturated rings. The van der Waals surface area contributed by atoms with Crippen molar-refractivity contribution in [2.45, 2.75) is 45.1 Å². The highest BCUT2D eigenvalue weighted by Gasteiger charge is 2.32. The van der Waals surface area contributed by atoms with Crippen molar-refractivity contribution in [1.82, 2.24) is 0 Å². The lowest BCUT2D eigenvalue weighted by molar-refractivity contribution is 0.605. The first-order valence-electron chi connectivity index (χ1n) is 3.60. The van der Waals surface area contributed by atoms with Crippen LogP contribution in [0.4, 0.5) is 0 Å². The van der Waals surface area contributed by atoms with Gasteiger partial charge in [-0.2, -0.15) is 0 Å². The minimum Gasteiger partial charge on any atom is -0.328 e. The van der Waals surface area contributed by atoms with Crippen molar-refractivity contribution >= 4 is 8.07 Å². The molecule has 1 nitrogen and oxygen atoms in total. The number of hydrogen-bond donors (Lipinski definition) is 1. The van der Waals surface area contributed by atoms with Gasteiger partial charge in [0.2, 0.25) is 0 Å². The van der Waals surface area contributed by atoms with Crippen LogP contribution in [0, 0.1) is 0 Å². The Morgan fingerprint density at radius 2 is 1.67 bits per heavy atom. The van der Waals surface area contributed by atoms with Crippen LogP contribution in [-0.4, -0.2) is 13.2 Å². The van der Waals surface area contributed by atoms with Gasteiger partial charge in [-0.05, 0) is 13.3 Å². The van der Waals surface area contributed by atoms with Crippen molar-refractivity contribution in [3.63, 3.8) is 0 Å². The predicted octanol–water partition coefficient (Wildman–Crippen LogP) is 1.99. The first-order valence-corrected chi connectivity index (χ1v) is 7.10. The van der Waals surface area contributed by atoms with Gasteiger partial charge in [0.15, 0.2) is 0 Å². The maximum atomic E-state index is 6.05. The molecule has 9 heavy (non-hydrogen) atoms. The van der Waals surface area contributed by atoms with Crippen LogP contribution in [0.1, 0.15) is 20.3 Å². The fourth-order valence-electron chi connectivity index (χ4n) is 0.530. The van der Waals surface area contributed by atoms with Crippen LogP contribution >= 0.6 is 0 Å². The number of hydrogen-bond acceptors (Lipinski definition) is 1. The van der Waals surface area contributed by atoms with Gasteiger partial charge in [0.1, 0.15) is 0 Å². The second-order valence-electron chi connectivity index (χ2n) is 4.02. The van der Waals surface area contributed by atoms with Gasteiger partial charge < -0.3 is 5.73 Å². The summed E-state index contributed by atoms with van der Waals surface area (Å²) >= 11 is 0. The Labute approximate surface area is 59.6 Å². The summed E-state index contributed by atoms with van der Waals surface area (Å²) in [5, 5.41) is 0.118. The molecule has 0 rings (SSSR count). The Balaban J connectivity index is 4.14. The van der Waals surface area contributed by atoms with Gasteiger partial charge in [0, 0.05) is 5.16 Å². The molecule has 0 aliphatic rings. The molecule has 0 heterocycles. The molecular formula is C7H19NSi. The number of rotatable bonds is 2. The molecule has 1 unspecified atom stereocenters. The van der Waals surface area contributed by atoms with Crippen LogP contribution in [-0.2, 0) is 0 Å². The van der Waals surface area contributed by atoms with Gasteiger partial charge in [-0.1, -0.05) is 26.6 Å². The number of nitrogens with two attached hydrogens (primary N) is 1. The van der Waals surface area contributed by atoms with Gasteiger partial charge >= 0.3 is 0 Å². The van der Waals surface area contributed by atoms with E-state index < -0.39 is 8.07 Å². The molecule has 0 aliphatic carbocycles. The van der Waals surface area contributed by atoms with E-state index in [0.717, 1.165) is 6.42 Å². The third-order valence-electron chi connectivity index (χ3n) is 2.45. The predicted molar refractivity (Wildman–Crippen MR) is 46.2 cm³/mol. The van der Waals surface area contributed by atoms with E-state index in [1.807, 2.05) is 0 Å². The second-order valence-corrected chi connectivity index (χ2v) is 9.66. The average molecular weight is 145 g/mol. The van der Waals surface area contributed by atoms with E-state index in [1.54, 1.807) is 0 Å². The van der Waals surface area contributed by atoms with Crippen LogP contribution < -0.4 is 5.73 Å². The third kappa shape index (κ3) is 2.10. The fraction of sp³-hybridized carbons (Fsp3) is 1.00. The molecule has 56 valence electrons. The molecule has 1 atom stereocenters. The summed E-state index contributed by atoms with van der Waals surface area (Å²) in [4.78, 5) is 0. The molecule has 0 aromatic carbocycles. The van der Waals surface area contributed by atoms with Crippen molar-refractivity contribution in [3.05, 3.63) is 0 Å². The van der Waals surface area contributed by atoms with E-state index in [4.69, 9.17) is 5.73 Å². The van der Waals surface area contributed by atoms with Gasteiger partial charge in [0.25, 0.3) is 0 Å². The van der Waals surface area contributed by atoms with E-state index in [9.17, 15) is 0 Å². The summed E-state index contributed by atoms with van der Waals surface area (Å²) in [5.41, 5.74) is 6.05. The van der Waals surface area contributed by atoms with Crippen molar-refractivity contribution in [2.75, 3.05) is 0 Å². The molecule has 0 aromatic heterocycles. The molecular weight excluding hydrogens is 126 g/mol. The van der Waals surface area contributed by atoms with E-state index in [-0.39, 0.29) is 5.16 Å². The van der Waals surface area contributed by atoms with E-state index in [0.29, 0.717) is 0 Å². The van der Waals surface area contributed by atoms with E-state index in [2.05, 4.69) is 33.5 Å². The van der Waals surface area contributed by atoms with Gasteiger partial charge in [-0.3, -0.25) is 0 Å². The van der Waals surface area contributed by atoms with Crippen LogP contribution in [0.5, 0.6) is 0 Å². The molecule has 0 aliphatic heterocycles. The summed E-state index contributed by atoms with van der Waals surface area (Å²) in [7, 11) is -1.11. The highest BCUT2D eigenvalue weighted by Crippen LogP contribution is 2.19. The summed E-state index contributed by atoms with van der Waals surface area (Å²) in [6.45, 7) is 11.3. The lowest BCUT2D eigenvalue weighted by atomic mass is 10.3. The lowest BCUT2D eigenvalue weighted by Crippen LogP contribution is -2.56. The van der Waals surface area contributed by atoms with Crippen molar-refractivity contribution in [2.24, 2.45) is 5.73 Å². The minimum atomic E-state index is -1.11. The molecule has 0 aromatic rings. The first-order chi connectivity index (χ1) is 3.81. The molecule has 2 N–H and O–H groups in total. The molecule has 0 amide bonds. The zero-order valence-electron chi connectivity index (χ0n) is 7.28. The monoisotopic (exact) mass is 145 g/mol. The summed E-state index contributed by atoms with van der Waals surface area (Å²) < 4.78 is 0. The Hall–Kier alpha value is 0.177. The Bertz CT molecular complexity index is 91.6. The topological polar surface area (TPSA) is 26.0 Å². The van der Waals surface area contributed by atoms with Crippen molar-refractivity contribution < 1.29 is 0 Å². The molecule has 0 spiro atoms. The van der Waals surface area contributed by atoms with Crippen LogP contribution in [0.25, 0.3) is 0 Å². The van der Waals surface area contributed by atoms with E-state index in [1.165, 1.54) is 0 Å². The maximum absolute atomic E-state index is 6.05. The quantitative estimate of drug-likeness (QED) is 0.591. The highest BCUT2D eigenvalue weighted by atomic mass is 28.3. The molecule has 0 saturated carbocycles. The first kappa shape index (κ1) is 9.18. The van der Waals surface area contributed by atoms with Crippen LogP contribution in [0.3, 0.4) is 0 Å². The average Bonchev–Trinajstić information content (AvgIpc) is 1.64. The fourth-order valence-corrected chi connectivity index (χ4v) is 1.59. The largest absolute Gasteiger partial charge is 0.328 e. The molecule has 0 radical (unpaired) electrons. The zero-order valence-corrected chi connectivity index (χ0v) is 8.28. The Kier molecular flexibility index (Phi) is 2.47. The molecule has 0 saturated heterocycles. The summed E-state index contributed by atoms with van der Waals surface area (Å²) in [6.07, 6.45) is 1.10. The smallest absolute Gasteiger partial charge is 0.0667 e. The molecule has 0 bridgehead atoms. The SMILES string of the molecule is CCC(C)(N)[Si](C)(C)C. The lowest BCUT2D eigenvalue weighted by Gasteiger charge is -2.35. The molecule has 2 heteroatoms. The Morgan fingerprint density at radius 3 is 1.67 bits per heavy atom. The summed E-state index contributed by atoms with van der Waals surface area (Å²) in [5.74, 6) is 0. The normalized spacial score (nSPS) is 19.3. The van der Waals surface area contributed by atoms with Crippen LogP contribution in [0.2, 0.25) is 19.6 Å². The van der Waals surface area contributed by atoms with Crippen molar-refractivity contribution in [3.8, 4) is 0 Å². The maximum Gasteiger partial charge on any atom is 0.0667 e. The Morgan fingerprint density at radius 1 is 1.33 bits per heavy atom. The third-order valence-corrected chi connectivity index (χ3v) is 6.23. The van der Waals surface area contributed by atoms with Crippen molar-refractivity contribution in [1.29, 1.82) is 0 Å². The van der Waals surface area contributed by atoms with Crippen LogP contribution in [0.15, 0.2) is 0 Å². The van der Waals surface area contributed by atoms with Gasteiger partial charge in [0.05, 0.1) is 8.07 Å². The zero-order chi connectivity index (χ0) is 7.71. The standard InChI is InChI=1S/C7H19NSi/c1-6-7(2,8)9(3,4)5/h6,8H2,1-5H3. The van der Waals surface area contributed by atoms with Gasteiger partial charge in [-0.25, -0.2) is 0 Å². The van der Waals surface area contributed by atoms with Gasteiger partial charge in [-0.15, -0.1) is 0 Å².